The van der Waals surface area contributed by atoms with E-state index in [0.717, 1.165) is 5.56 Å². The largest absolute Gasteiger partial charge is 0.479 e. The van der Waals surface area contributed by atoms with Crippen molar-refractivity contribution in [1.82, 2.24) is 4.90 Å². The molecule has 1 atom stereocenters. The van der Waals surface area contributed by atoms with Crippen LogP contribution in [0.3, 0.4) is 0 Å². The van der Waals surface area contributed by atoms with Gasteiger partial charge in [0.15, 0.2) is 6.10 Å². The smallest absolute Gasteiger partial charge is 0.407 e. The van der Waals surface area contributed by atoms with Crippen molar-refractivity contribution in [1.29, 1.82) is 0 Å². The molecule has 6 heteroatoms. The predicted molar refractivity (Wildman–Crippen MR) is 69.5 cm³/mol. The van der Waals surface area contributed by atoms with Gasteiger partial charge in [-0.15, -0.1) is 0 Å². The Hall–Kier alpha value is -2.24. The summed E-state index contributed by atoms with van der Waals surface area (Å²) in [6.45, 7) is 2.09. The molecule has 2 rings (SSSR count). The average molecular weight is 264 g/mol. The molecule has 0 saturated heterocycles. The summed E-state index contributed by atoms with van der Waals surface area (Å²) in [7, 11) is 1.52. The number of anilines is 1. The van der Waals surface area contributed by atoms with E-state index in [0.29, 0.717) is 24.4 Å². The quantitative estimate of drug-likeness (QED) is 0.868. The lowest BCUT2D eigenvalue weighted by Crippen LogP contribution is -2.34. The summed E-state index contributed by atoms with van der Waals surface area (Å²) in [4.78, 5) is 23.4. The molecule has 1 heterocycles. The molecular weight excluding hydrogens is 248 g/mol. The van der Waals surface area contributed by atoms with Crippen LogP contribution in [0.4, 0.5) is 10.5 Å². The second kappa shape index (κ2) is 5.17. The third-order valence-corrected chi connectivity index (χ3v) is 3.04. The number of ether oxygens (including phenoxy) is 1. The molecule has 6 nitrogen and oxygen atoms in total. The average Bonchev–Trinajstić information content (AvgIpc) is 2.37. The number of amides is 2. The minimum absolute atomic E-state index is 0.174. The van der Waals surface area contributed by atoms with Crippen LogP contribution in [0.5, 0.6) is 5.75 Å². The molecule has 2 N–H and O–H groups in total. The van der Waals surface area contributed by atoms with Crippen LogP contribution in [0.15, 0.2) is 18.2 Å². The van der Waals surface area contributed by atoms with E-state index in [1.165, 1.54) is 11.9 Å². The molecule has 0 fully saturated rings. The van der Waals surface area contributed by atoms with Crippen molar-refractivity contribution >= 4 is 17.7 Å². The third kappa shape index (κ3) is 2.96. The van der Waals surface area contributed by atoms with E-state index in [4.69, 9.17) is 9.84 Å². The van der Waals surface area contributed by atoms with Gasteiger partial charge in [-0.1, -0.05) is 6.07 Å². The Labute approximate surface area is 111 Å². The van der Waals surface area contributed by atoms with Crippen molar-refractivity contribution in [3.8, 4) is 5.75 Å². The second-order valence-electron chi connectivity index (χ2n) is 4.53. The molecule has 0 saturated carbocycles. The topological polar surface area (TPSA) is 78.9 Å². The first-order chi connectivity index (χ1) is 8.97. The lowest BCUT2D eigenvalue weighted by atomic mass is 10.1. The molecule has 19 heavy (non-hydrogen) atoms. The van der Waals surface area contributed by atoms with Crippen molar-refractivity contribution < 1.29 is 19.4 Å². The lowest BCUT2D eigenvalue weighted by molar-refractivity contribution is -0.122. The molecule has 1 aromatic rings. The summed E-state index contributed by atoms with van der Waals surface area (Å²) in [5.74, 6) is 0.467. The number of nitrogens with one attached hydrogen (secondary N) is 1. The number of hydrogen-bond donors (Lipinski definition) is 2. The SMILES string of the molecule is CC1Oc2ccc(CCN(C)C(=O)O)cc2NC1=O. The maximum absolute atomic E-state index is 11.5. The number of benzene rings is 1. The predicted octanol–water partition coefficient (Wildman–Crippen LogP) is 1.56. The number of likely N-dealkylation sites (N-methyl/N-ethyl adjacent to an activating group) is 1. The second-order valence-corrected chi connectivity index (χ2v) is 4.53. The lowest BCUT2D eigenvalue weighted by Gasteiger charge is -2.23. The van der Waals surface area contributed by atoms with Gasteiger partial charge in [0.2, 0.25) is 0 Å². The molecule has 102 valence electrons. The van der Waals surface area contributed by atoms with Crippen molar-refractivity contribution in [3.63, 3.8) is 0 Å². The molecule has 0 aliphatic carbocycles. The number of hydrogen-bond acceptors (Lipinski definition) is 3. The van der Waals surface area contributed by atoms with E-state index < -0.39 is 12.2 Å². The van der Waals surface area contributed by atoms with Crippen LogP contribution in [-0.4, -0.2) is 41.7 Å². The maximum atomic E-state index is 11.5. The maximum Gasteiger partial charge on any atom is 0.407 e. The third-order valence-electron chi connectivity index (χ3n) is 3.04. The van der Waals surface area contributed by atoms with E-state index in [1.807, 2.05) is 12.1 Å². The molecule has 0 radical (unpaired) electrons. The number of rotatable bonds is 3. The van der Waals surface area contributed by atoms with Gasteiger partial charge in [0, 0.05) is 13.6 Å². The molecule has 0 aromatic heterocycles. The number of fused-ring (bicyclic) bond motifs is 1. The van der Waals surface area contributed by atoms with Crippen LogP contribution in [0.2, 0.25) is 0 Å². The first kappa shape index (κ1) is 13.2. The summed E-state index contributed by atoms with van der Waals surface area (Å²) in [5, 5.41) is 11.5. The summed E-state index contributed by atoms with van der Waals surface area (Å²) in [6.07, 6.45) is -0.860. The Kier molecular flexibility index (Phi) is 3.59. The molecule has 0 spiro atoms. The van der Waals surface area contributed by atoms with Crippen molar-refractivity contribution in [2.75, 3.05) is 18.9 Å². The molecule has 1 aliphatic rings. The van der Waals surface area contributed by atoms with Crippen LogP contribution in [0, 0.1) is 0 Å². The Balaban J connectivity index is 2.07. The van der Waals surface area contributed by atoms with Gasteiger partial charge >= 0.3 is 6.09 Å². The number of nitrogens with zero attached hydrogens (tertiary/aromatic N) is 1. The zero-order valence-electron chi connectivity index (χ0n) is 10.8. The van der Waals surface area contributed by atoms with Crippen molar-refractivity contribution in [3.05, 3.63) is 23.8 Å². The van der Waals surface area contributed by atoms with Gasteiger partial charge in [0.05, 0.1) is 5.69 Å². The van der Waals surface area contributed by atoms with Gasteiger partial charge in [-0.3, -0.25) is 4.79 Å². The number of carbonyl (C=O) groups excluding carboxylic acids is 1. The van der Waals surface area contributed by atoms with Crippen molar-refractivity contribution in [2.24, 2.45) is 0 Å². The standard InChI is InChI=1S/C13H16N2O4/c1-8-12(16)14-10-7-9(3-4-11(10)19-8)5-6-15(2)13(17)18/h3-4,7-8H,5-6H2,1-2H3,(H,14,16)(H,17,18). The summed E-state index contributed by atoms with van der Waals surface area (Å²) < 4.78 is 5.45. The molecular formula is C13H16N2O4. The van der Waals surface area contributed by atoms with Gasteiger partial charge in [-0.2, -0.15) is 0 Å². The van der Waals surface area contributed by atoms with E-state index in [1.54, 1.807) is 13.0 Å². The normalized spacial score (nSPS) is 17.2. The monoisotopic (exact) mass is 264 g/mol. The first-order valence-electron chi connectivity index (χ1n) is 6.02. The minimum Gasteiger partial charge on any atom is -0.479 e. The van der Waals surface area contributed by atoms with Gasteiger partial charge in [-0.25, -0.2) is 4.79 Å². The van der Waals surface area contributed by atoms with Gasteiger partial charge in [-0.05, 0) is 31.0 Å². The van der Waals surface area contributed by atoms with Crippen LogP contribution < -0.4 is 10.1 Å². The fourth-order valence-corrected chi connectivity index (χ4v) is 1.80. The Morgan fingerprint density at radius 3 is 2.95 bits per heavy atom. The van der Waals surface area contributed by atoms with E-state index >= 15 is 0 Å². The highest BCUT2D eigenvalue weighted by molar-refractivity contribution is 5.97. The van der Waals surface area contributed by atoms with Crippen LogP contribution >= 0.6 is 0 Å². The highest BCUT2D eigenvalue weighted by atomic mass is 16.5. The molecule has 2 amide bonds. The first-order valence-corrected chi connectivity index (χ1v) is 6.02. The fraction of sp³-hybridized carbons (Fsp3) is 0.385. The van der Waals surface area contributed by atoms with Crippen LogP contribution in [-0.2, 0) is 11.2 Å². The van der Waals surface area contributed by atoms with E-state index in [2.05, 4.69) is 5.32 Å². The highest BCUT2D eigenvalue weighted by Crippen LogP contribution is 2.30. The Morgan fingerprint density at radius 2 is 2.26 bits per heavy atom. The van der Waals surface area contributed by atoms with Gasteiger partial charge in [0.25, 0.3) is 5.91 Å². The van der Waals surface area contributed by atoms with Crippen LogP contribution in [0.1, 0.15) is 12.5 Å². The van der Waals surface area contributed by atoms with E-state index in [9.17, 15) is 9.59 Å². The van der Waals surface area contributed by atoms with E-state index in [-0.39, 0.29) is 5.91 Å². The summed E-state index contributed by atoms with van der Waals surface area (Å²) in [5.41, 5.74) is 1.59. The minimum atomic E-state index is -0.955. The van der Waals surface area contributed by atoms with Gasteiger partial charge in [0.1, 0.15) is 5.75 Å². The molecule has 1 aromatic carbocycles. The molecule has 1 aliphatic heterocycles. The van der Waals surface area contributed by atoms with Crippen molar-refractivity contribution in [2.45, 2.75) is 19.4 Å². The number of carbonyl (C=O) groups is 2. The Bertz CT molecular complexity index is 515. The number of carboxylic acid groups (broad SMARTS) is 1. The molecule has 1 unspecified atom stereocenters. The summed E-state index contributed by atoms with van der Waals surface area (Å²) in [6, 6.07) is 5.48. The zero-order chi connectivity index (χ0) is 14.0. The zero-order valence-corrected chi connectivity index (χ0v) is 10.8. The summed E-state index contributed by atoms with van der Waals surface area (Å²) >= 11 is 0. The Morgan fingerprint density at radius 1 is 1.53 bits per heavy atom. The van der Waals surface area contributed by atoms with Gasteiger partial charge < -0.3 is 20.1 Å². The van der Waals surface area contributed by atoms with Crippen LogP contribution in [0.25, 0.3) is 0 Å². The highest BCUT2D eigenvalue weighted by Gasteiger charge is 2.23. The molecule has 0 bridgehead atoms. The fourth-order valence-electron chi connectivity index (χ4n) is 1.80.